The Morgan fingerprint density at radius 3 is 2.68 bits per heavy atom. The van der Waals surface area contributed by atoms with Crippen molar-refractivity contribution in [1.29, 1.82) is 0 Å². The van der Waals surface area contributed by atoms with E-state index in [1.807, 2.05) is 48.5 Å². The first-order chi connectivity index (χ1) is 13.7. The summed E-state index contributed by atoms with van der Waals surface area (Å²) in [4.78, 5) is 28.9. The normalized spacial score (nSPS) is 14.0. The Labute approximate surface area is 161 Å². The van der Waals surface area contributed by atoms with Gasteiger partial charge in [0.1, 0.15) is 0 Å². The lowest BCUT2D eigenvalue weighted by Crippen LogP contribution is -2.26. The van der Waals surface area contributed by atoms with Crippen LogP contribution < -0.4 is 15.4 Å². The Morgan fingerprint density at radius 2 is 1.89 bits per heavy atom. The Morgan fingerprint density at radius 1 is 1.07 bits per heavy atom. The SMILES string of the molecule is O=C1Nc2cc(C(=O)NCc3ccccn3)ccc2O/C1=C\c1ccccc1. The van der Waals surface area contributed by atoms with Gasteiger partial charge in [0, 0.05) is 11.8 Å². The smallest absolute Gasteiger partial charge is 0.291 e. The van der Waals surface area contributed by atoms with E-state index in [4.69, 9.17) is 4.74 Å². The fourth-order valence-corrected chi connectivity index (χ4v) is 2.78. The standard InChI is InChI=1S/C22H17N3O3/c26-21(24-14-17-8-4-5-11-23-17)16-9-10-19-18(13-16)25-22(27)20(28-19)12-15-6-2-1-3-7-15/h1-13H,14H2,(H,24,26)(H,25,27)/b20-12-. The monoisotopic (exact) mass is 371 g/mol. The van der Waals surface area contributed by atoms with Crippen LogP contribution in [0.3, 0.4) is 0 Å². The second-order valence-electron chi connectivity index (χ2n) is 6.19. The summed E-state index contributed by atoms with van der Waals surface area (Å²) in [5.74, 6) is 0.0739. The molecule has 0 fully saturated rings. The largest absolute Gasteiger partial charge is 0.449 e. The van der Waals surface area contributed by atoms with Gasteiger partial charge in [-0.3, -0.25) is 14.6 Å². The van der Waals surface area contributed by atoms with Crippen molar-refractivity contribution >= 4 is 23.6 Å². The maximum atomic E-state index is 12.4. The van der Waals surface area contributed by atoms with Gasteiger partial charge in [-0.1, -0.05) is 36.4 Å². The third kappa shape index (κ3) is 3.91. The summed E-state index contributed by atoms with van der Waals surface area (Å²) in [6, 6.07) is 19.9. The van der Waals surface area contributed by atoms with Crippen LogP contribution >= 0.6 is 0 Å². The van der Waals surface area contributed by atoms with Gasteiger partial charge in [-0.15, -0.1) is 0 Å². The van der Waals surface area contributed by atoms with Crippen LogP contribution in [0, 0.1) is 0 Å². The quantitative estimate of drug-likeness (QED) is 0.689. The highest BCUT2D eigenvalue weighted by molar-refractivity contribution is 6.09. The molecule has 2 aromatic carbocycles. The Hall–Kier alpha value is -3.93. The van der Waals surface area contributed by atoms with Crippen molar-refractivity contribution in [2.75, 3.05) is 5.32 Å². The highest BCUT2D eigenvalue weighted by atomic mass is 16.5. The van der Waals surface area contributed by atoms with Gasteiger partial charge in [-0.2, -0.15) is 0 Å². The number of hydrogen-bond donors (Lipinski definition) is 2. The van der Waals surface area contributed by atoms with E-state index in [9.17, 15) is 9.59 Å². The molecule has 2 heterocycles. The van der Waals surface area contributed by atoms with E-state index in [1.54, 1.807) is 30.5 Å². The summed E-state index contributed by atoms with van der Waals surface area (Å²) in [5.41, 5.74) is 2.51. The van der Waals surface area contributed by atoms with Crippen LogP contribution in [0.25, 0.3) is 6.08 Å². The molecule has 2 N–H and O–H groups in total. The second kappa shape index (κ2) is 7.75. The van der Waals surface area contributed by atoms with Crippen molar-refractivity contribution in [3.63, 3.8) is 0 Å². The van der Waals surface area contributed by atoms with Crippen molar-refractivity contribution in [2.45, 2.75) is 6.54 Å². The maximum Gasteiger partial charge on any atom is 0.291 e. The first-order valence-electron chi connectivity index (χ1n) is 8.77. The number of amides is 2. The van der Waals surface area contributed by atoms with Crippen LogP contribution in [0.5, 0.6) is 5.75 Å². The number of fused-ring (bicyclic) bond motifs is 1. The summed E-state index contributed by atoms with van der Waals surface area (Å²) in [5, 5.41) is 5.58. The Bertz CT molecular complexity index is 1050. The number of anilines is 1. The molecule has 0 unspecified atom stereocenters. The highest BCUT2D eigenvalue weighted by Crippen LogP contribution is 2.32. The fraction of sp³-hybridized carbons (Fsp3) is 0.0455. The molecule has 1 aliphatic rings. The molecule has 6 heteroatoms. The lowest BCUT2D eigenvalue weighted by molar-refractivity contribution is -0.115. The van der Waals surface area contributed by atoms with E-state index in [0.717, 1.165) is 11.3 Å². The minimum atomic E-state index is -0.359. The van der Waals surface area contributed by atoms with Crippen molar-refractivity contribution in [2.24, 2.45) is 0 Å². The van der Waals surface area contributed by atoms with Gasteiger partial charge < -0.3 is 15.4 Å². The molecule has 6 nitrogen and oxygen atoms in total. The van der Waals surface area contributed by atoms with E-state index >= 15 is 0 Å². The van der Waals surface area contributed by atoms with E-state index < -0.39 is 0 Å². The summed E-state index contributed by atoms with van der Waals surface area (Å²) >= 11 is 0. The van der Waals surface area contributed by atoms with Gasteiger partial charge in [0.15, 0.2) is 11.5 Å². The molecule has 28 heavy (non-hydrogen) atoms. The summed E-state index contributed by atoms with van der Waals surface area (Å²) in [6.07, 6.45) is 3.35. The second-order valence-corrected chi connectivity index (χ2v) is 6.19. The van der Waals surface area contributed by atoms with Crippen LogP contribution in [0.2, 0.25) is 0 Å². The number of benzene rings is 2. The fourth-order valence-electron chi connectivity index (χ4n) is 2.78. The molecule has 1 aromatic heterocycles. The predicted octanol–water partition coefficient (Wildman–Crippen LogP) is 3.38. The average molecular weight is 371 g/mol. The minimum absolute atomic E-state index is 0.200. The van der Waals surface area contributed by atoms with Gasteiger partial charge in [-0.05, 0) is 42.0 Å². The molecule has 0 atom stereocenters. The maximum absolute atomic E-state index is 12.4. The first kappa shape index (κ1) is 17.5. The molecule has 0 saturated heterocycles. The molecule has 2 amide bonds. The van der Waals surface area contributed by atoms with E-state index in [-0.39, 0.29) is 17.6 Å². The number of aromatic nitrogens is 1. The molecule has 1 aliphatic heterocycles. The first-order valence-corrected chi connectivity index (χ1v) is 8.77. The van der Waals surface area contributed by atoms with Gasteiger partial charge >= 0.3 is 0 Å². The third-order valence-corrected chi connectivity index (χ3v) is 4.19. The molecule has 0 radical (unpaired) electrons. The molecule has 0 bridgehead atoms. The highest BCUT2D eigenvalue weighted by Gasteiger charge is 2.23. The third-order valence-electron chi connectivity index (χ3n) is 4.19. The number of carbonyl (C=O) groups excluding carboxylic acids is 2. The lowest BCUT2D eigenvalue weighted by atomic mass is 10.1. The van der Waals surface area contributed by atoms with Crippen LogP contribution in [0.4, 0.5) is 5.69 Å². The molecule has 4 rings (SSSR count). The van der Waals surface area contributed by atoms with Gasteiger partial charge in [0.05, 0.1) is 17.9 Å². The molecular weight excluding hydrogens is 354 g/mol. The molecule has 0 aliphatic carbocycles. The van der Waals surface area contributed by atoms with Crippen molar-refractivity contribution < 1.29 is 14.3 Å². The number of ether oxygens (including phenoxy) is 1. The van der Waals surface area contributed by atoms with Gasteiger partial charge in [0.25, 0.3) is 11.8 Å². The Kier molecular flexibility index (Phi) is 4.84. The molecule has 0 saturated carbocycles. The van der Waals surface area contributed by atoms with E-state index in [1.165, 1.54) is 0 Å². The molecular formula is C22H17N3O3. The Balaban J connectivity index is 1.49. The zero-order valence-corrected chi connectivity index (χ0v) is 14.9. The predicted molar refractivity (Wildman–Crippen MR) is 106 cm³/mol. The number of carbonyl (C=O) groups is 2. The number of nitrogens with one attached hydrogen (secondary N) is 2. The van der Waals surface area contributed by atoms with Crippen LogP contribution in [-0.4, -0.2) is 16.8 Å². The van der Waals surface area contributed by atoms with Gasteiger partial charge in [0.2, 0.25) is 0 Å². The van der Waals surface area contributed by atoms with Crippen molar-refractivity contribution in [3.05, 3.63) is 95.5 Å². The summed E-state index contributed by atoms with van der Waals surface area (Å²) in [6.45, 7) is 0.323. The van der Waals surface area contributed by atoms with Crippen molar-refractivity contribution in [1.82, 2.24) is 10.3 Å². The zero-order valence-electron chi connectivity index (χ0n) is 14.9. The van der Waals surface area contributed by atoms with Crippen LogP contribution in [-0.2, 0) is 11.3 Å². The van der Waals surface area contributed by atoms with Crippen LogP contribution in [0.1, 0.15) is 21.6 Å². The number of pyridine rings is 1. The van der Waals surface area contributed by atoms with Gasteiger partial charge in [-0.25, -0.2) is 0 Å². The summed E-state index contributed by atoms with van der Waals surface area (Å²) in [7, 11) is 0. The molecule has 3 aromatic rings. The minimum Gasteiger partial charge on any atom is -0.449 e. The number of nitrogens with zero attached hydrogens (tertiary/aromatic N) is 1. The molecule has 0 spiro atoms. The van der Waals surface area contributed by atoms with Crippen molar-refractivity contribution in [3.8, 4) is 5.75 Å². The number of rotatable bonds is 4. The average Bonchev–Trinajstić information content (AvgIpc) is 2.74. The van der Waals surface area contributed by atoms with Crippen LogP contribution in [0.15, 0.2) is 78.7 Å². The van der Waals surface area contributed by atoms with E-state index in [2.05, 4.69) is 15.6 Å². The molecule has 138 valence electrons. The topological polar surface area (TPSA) is 80.3 Å². The summed E-state index contributed by atoms with van der Waals surface area (Å²) < 4.78 is 5.72. The van der Waals surface area contributed by atoms with E-state index in [0.29, 0.717) is 23.5 Å². The number of hydrogen-bond acceptors (Lipinski definition) is 4. The lowest BCUT2D eigenvalue weighted by Gasteiger charge is -2.20. The zero-order chi connectivity index (χ0) is 19.3.